The lowest BCUT2D eigenvalue weighted by Crippen LogP contribution is -2.38. The minimum Gasteiger partial charge on any atom is -0.350 e. The van der Waals surface area contributed by atoms with Crippen LogP contribution in [-0.4, -0.2) is 44.6 Å². The van der Waals surface area contributed by atoms with Gasteiger partial charge in [-0.2, -0.15) is 5.10 Å². The highest BCUT2D eigenvalue weighted by molar-refractivity contribution is 7.13. The number of rotatable bonds is 7. The number of carbonyl (C=O) groups excluding carboxylic acids is 1. The number of fused-ring (bicyclic) bond motifs is 1. The Labute approximate surface area is 172 Å². The van der Waals surface area contributed by atoms with Gasteiger partial charge >= 0.3 is 0 Å². The third kappa shape index (κ3) is 4.18. The number of nitrogens with one attached hydrogen (secondary N) is 2. The SMILES string of the molecule is CCNC(C)CNC(=O)c1ccnc(-c2cnn3ccc(-c4cccs4)nc23)c1. The summed E-state index contributed by atoms with van der Waals surface area (Å²) in [6, 6.07) is 9.69. The standard InChI is InChI=1S/C21H22N6OS/c1-3-22-14(2)12-24-21(28)15-6-8-23-18(11-15)16-13-25-27-9-7-17(26-20(16)27)19-5-4-10-29-19/h4-11,13-14,22H,3,12H2,1-2H3,(H,24,28). The quantitative estimate of drug-likeness (QED) is 0.492. The molecule has 4 aromatic rings. The fraction of sp³-hybridized carbons (Fsp3) is 0.238. The van der Waals surface area contributed by atoms with E-state index in [1.807, 2.05) is 43.6 Å². The van der Waals surface area contributed by atoms with Gasteiger partial charge in [-0.1, -0.05) is 13.0 Å². The van der Waals surface area contributed by atoms with Crippen LogP contribution in [0.15, 0.2) is 54.3 Å². The Morgan fingerprint density at radius 3 is 2.97 bits per heavy atom. The highest BCUT2D eigenvalue weighted by Crippen LogP contribution is 2.27. The van der Waals surface area contributed by atoms with Crippen molar-refractivity contribution in [2.45, 2.75) is 19.9 Å². The van der Waals surface area contributed by atoms with E-state index in [-0.39, 0.29) is 11.9 Å². The molecule has 0 saturated heterocycles. The largest absolute Gasteiger partial charge is 0.350 e. The van der Waals surface area contributed by atoms with Crippen LogP contribution in [-0.2, 0) is 0 Å². The van der Waals surface area contributed by atoms with Gasteiger partial charge in [0.25, 0.3) is 5.91 Å². The van der Waals surface area contributed by atoms with E-state index in [9.17, 15) is 4.79 Å². The van der Waals surface area contributed by atoms with Gasteiger partial charge < -0.3 is 10.6 Å². The zero-order chi connectivity index (χ0) is 20.2. The lowest BCUT2D eigenvalue weighted by atomic mass is 10.1. The molecule has 0 aliphatic carbocycles. The minimum absolute atomic E-state index is 0.123. The number of amides is 1. The van der Waals surface area contributed by atoms with Gasteiger partial charge in [-0.15, -0.1) is 11.3 Å². The molecule has 2 N–H and O–H groups in total. The molecule has 1 amide bonds. The second-order valence-electron chi connectivity index (χ2n) is 6.72. The fourth-order valence-electron chi connectivity index (χ4n) is 3.10. The Balaban J connectivity index is 1.62. The molecule has 0 bridgehead atoms. The molecule has 1 unspecified atom stereocenters. The maximum absolute atomic E-state index is 12.5. The first-order valence-corrected chi connectivity index (χ1v) is 10.4. The summed E-state index contributed by atoms with van der Waals surface area (Å²) in [6.07, 6.45) is 5.27. The van der Waals surface area contributed by atoms with Crippen LogP contribution in [0.3, 0.4) is 0 Å². The van der Waals surface area contributed by atoms with E-state index < -0.39 is 0 Å². The second-order valence-corrected chi connectivity index (χ2v) is 7.66. The molecular formula is C21H22N6OS. The van der Waals surface area contributed by atoms with Gasteiger partial charge in [0.15, 0.2) is 5.65 Å². The monoisotopic (exact) mass is 406 g/mol. The summed E-state index contributed by atoms with van der Waals surface area (Å²) in [5, 5.41) is 12.6. The van der Waals surface area contributed by atoms with Gasteiger partial charge in [0.1, 0.15) is 0 Å². The normalized spacial score (nSPS) is 12.2. The van der Waals surface area contributed by atoms with E-state index >= 15 is 0 Å². The number of aromatic nitrogens is 4. The van der Waals surface area contributed by atoms with Gasteiger partial charge in [0.05, 0.1) is 28.0 Å². The van der Waals surface area contributed by atoms with Crippen molar-refractivity contribution >= 4 is 22.9 Å². The molecule has 8 heteroatoms. The first-order valence-electron chi connectivity index (χ1n) is 9.52. The van der Waals surface area contributed by atoms with Crippen molar-refractivity contribution < 1.29 is 4.79 Å². The van der Waals surface area contributed by atoms with Crippen LogP contribution < -0.4 is 10.6 Å². The first kappa shape index (κ1) is 19.2. The molecule has 0 aromatic carbocycles. The second kappa shape index (κ2) is 8.50. The molecule has 4 aromatic heterocycles. The first-order chi connectivity index (χ1) is 14.2. The molecule has 0 aliphatic rings. The number of likely N-dealkylation sites (N-methyl/N-ethyl adjacent to an activating group) is 1. The molecule has 0 spiro atoms. The van der Waals surface area contributed by atoms with E-state index in [4.69, 9.17) is 4.98 Å². The van der Waals surface area contributed by atoms with Crippen LogP contribution in [0, 0.1) is 0 Å². The van der Waals surface area contributed by atoms with Gasteiger partial charge in [-0.25, -0.2) is 9.50 Å². The Bertz CT molecular complexity index is 1120. The number of hydrogen-bond acceptors (Lipinski definition) is 6. The predicted octanol–water partition coefficient (Wildman–Crippen LogP) is 3.25. The highest BCUT2D eigenvalue weighted by Gasteiger charge is 2.14. The topological polar surface area (TPSA) is 84.2 Å². The molecule has 4 rings (SSSR count). The van der Waals surface area contributed by atoms with Crippen LogP contribution in [0.5, 0.6) is 0 Å². The number of hydrogen-bond donors (Lipinski definition) is 2. The maximum Gasteiger partial charge on any atom is 0.251 e. The van der Waals surface area contributed by atoms with Crippen molar-refractivity contribution in [3.8, 4) is 21.8 Å². The molecule has 29 heavy (non-hydrogen) atoms. The lowest BCUT2D eigenvalue weighted by Gasteiger charge is -2.13. The number of carbonyl (C=O) groups is 1. The average Bonchev–Trinajstić information content (AvgIpc) is 3.42. The molecule has 148 valence electrons. The Morgan fingerprint density at radius 2 is 2.17 bits per heavy atom. The lowest BCUT2D eigenvalue weighted by molar-refractivity contribution is 0.0950. The third-order valence-corrected chi connectivity index (χ3v) is 5.45. The Hall–Kier alpha value is -3.10. The van der Waals surface area contributed by atoms with E-state index in [1.54, 1.807) is 40.4 Å². The number of thiophene rings is 1. The van der Waals surface area contributed by atoms with Gasteiger partial charge in [-0.3, -0.25) is 9.78 Å². The fourth-order valence-corrected chi connectivity index (χ4v) is 3.79. The summed E-state index contributed by atoms with van der Waals surface area (Å²) >= 11 is 1.64. The predicted molar refractivity (Wildman–Crippen MR) is 115 cm³/mol. The highest BCUT2D eigenvalue weighted by atomic mass is 32.1. The minimum atomic E-state index is -0.123. The summed E-state index contributed by atoms with van der Waals surface area (Å²) in [7, 11) is 0. The van der Waals surface area contributed by atoms with E-state index in [0.717, 1.165) is 22.7 Å². The average molecular weight is 407 g/mol. The molecule has 0 fully saturated rings. The summed E-state index contributed by atoms with van der Waals surface area (Å²) in [5.41, 5.74) is 3.62. The van der Waals surface area contributed by atoms with E-state index in [2.05, 4.69) is 20.7 Å². The summed E-state index contributed by atoms with van der Waals surface area (Å²) in [5.74, 6) is -0.123. The summed E-state index contributed by atoms with van der Waals surface area (Å²) < 4.78 is 1.72. The van der Waals surface area contributed by atoms with Crippen molar-refractivity contribution in [3.63, 3.8) is 0 Å². The molecule has 4 heterocycles. The van der Waals surface area contributed by atoms with Crippen LogP contribution in [0.1, 0.15) is 24.2 Å². The van der Waals surface area contributed by atoms with Crippen LogP contribution in [0.4, 0.5) is 0 Å². The molecule has 7 nitrogen and oxygen atoms in total. The van der Waals surface area contributed by atoms with Crippen molar-refractivity contribution in [1.29, 1.82) is 0 Å². The molecule has 0 radical (unpaired) electrons. The number of nitrogens with zero attached hydrogens (tertiary/aromatic N) is 4. The zero-order valence-corrected chi connectivity index (χ0v) is 17.1. The van der Waals surface area contributed by atoms with E-state index in [0.29, 0.717) is 23.4 Å². The number of pyridine rings is 1. The van der Waals surface area contributed by atoms with E-state index in [1.165, 1.54) is 0 Å². The van der Waals surface area contributed by atoms with Crippen molar-refractivity contribution in [1.82, 2.24) is 30.2 Å². The van der Waals surface area contributed by atoms with Crippen LogP contribution >= 0.6 is 11.3 Å². The summed E-state index contributed by atoms with van der Waals surface area (Å²) in [4.78, 5) is 22.9. The van der Waals surface area contributed by atoms with Gasteiger partial charge in [-0.05, 0) is 43.1 Å². The maximum atomic E-state index is 12.5. The Morgan fingerprint density at radius 1 is 1.28 bits per heavy atom. The van der Waals surface area contributed by atoms with Crippen molar-refractivity contribution in [2.24, 2.45) is 0 Å². The Kier molecular flexibility index (Phi) is 5.64. The summed E-state index contributed by atoms with van der Waals surface area (Å²) in [6.45, 7) is 5.51. The molecular weight excluding hydrogens is 384 g/mol. The molecule has 0 saturated carbocycles. The molecule has 1 atom stereocenters. The van der Waals surface area contributed by atoms with Gasteiger partial charge in [0, 0.05) is 30.5 Å². The van der Waals surface area contributed by atoms with Crippen molar-refractivity contribution in [2.75, 3.05) is 13.1 Å². The smallest absolute Gasteiger partial charge is 0.251 e. The van der Waals surface area contributed by atoms with Crippen LogP contribution in [0.25, 0.3) is 27.5 Å². The molecule has 0 aliphatic heterocycles. The van der Waals surface area contributed by atoms with Gasteiger partial charge in [0.2, 0.25) is 0 Å². The van der Waals surface area contributed by atoms with Crippen LogP contribution in [0.2, 0.25) is 0 Å². The third-order valence-electron chi connectivity index (χ3n) is 4.56. The zero-order valence-electron chi connectivity index (χ0n) is 16.3. The van der Waals surface area contributed by atoms with Crippen molar-refractivity contribution in [3.05, 3.63) is 59.9 Å².